The molecule has 5 N–H and O–H groups in total. The van der Waals surface area contributed by atoms with Gasteiger partial charge in [0.1, 0.15) is 12.0 Å². The molecule has 0 bridgehead atoms. The molecule has 19 heavy (non-hydrogen) atoms. The summed E-state index contributed by atoms with van der Waals surface area (Å²) in [5.41, 5.74) is 6.40. The first-order chi connectivity index (χ1) is 9.17. The summed E-state index contributed by atoms with van der Waals surface area (Å²) in [7, 11) is 0. The summed E-state index contributed by atoms with van der Waals surface area (Å²) in [4.78, 5) is 16.9. The Balaban J connectivity index is 2.25. The number of anilines is 3. The Morgan fingerprint density at radius 3 is 3.11 bits per heavy atom. The van der Waals surface area contributed by atoms with Gasteiger partial charge in [-0.1, -0.05) is 0 Å². The largest absolute Gasteiger partial charge is 0.396 e. The molecule has 2 heterocycles. The quantitative estimate of drug-likeness (QED) is 0.547. The van der Waals surface area contributed by atoms with Crippen LogP contribution in [-0.4, -0.2) is 41.9 Å². The lowest BCUT2D eigenvalue weighted by Crippen LogP contribution is -2.46. The second kappa shape index (κ2) is 5.75. The molecule has 0 saturated carbocycles. The molecule has 2 unspecified atom stereocenters. The molecular formula is C12H19N5O2. The number of nitrogens with one attached hydrogen (secondary N) is 2. The molecule has 7 nitrogen and oxygen atoms in total. The third kappa shape index (κ3) is 2.70. The van der Waals surface area contributed by atoms with Gasteiger partial charge in [0.2, 0.25) is 6.41 Å². The van der Waals surface area contributed by atoms with Crippen LogP contribution in [0.3, 0.4) is 0 Å². The van der Waals surface area contributed by atoms with E-state index >= 15 is 0 Å². The maximum atomic E-state index is 10.6. The van der Waals surface area contributed by atoms with E-state index in [1.165, 1.54) is 0 Å². The summed E-state index contributed by atoms with van der Waals surface area (Å²) in [6, 6.07) is 3.55. The van der Waals surface area contributed by atoms with Crippen LogP contribution in [0.25, 0.3) is 0 Å². The normalized spacial score (nSPS) is 22.3. The van der Waals surface area contributed by atoms with Gasteiger partial charge in [-0.15, -0.1) is 0 Å². The van der Waals surface area contributed by atoms with Crippen molar-refractivity contribution in [3.8, 4) is 0 Å². The number of amides is 1. The number of carbonyl (C=O) groups excluding carboxylic acids is 1. The third-order valence-electron chi connectivity index (χ3n) is 3.16. The van der Waals surface area contributed by atoms with E-state index in [-0.39, 0.29) is 0 Å². The minimum atomic E-state index is -0.591. The Kier molecular flexibility index (Phi) is 4.06. The van der Waals surface area contributed by atoms with Crippen LogP contribution in [0.5, 0.6) is 0 Å². The lowest BCUT2D eigenvalue weighted by atomic mass is 10.3. The Hall–Kier alpha value is -2.02. The standard InChI is InChI=1S/C12H19N5O2/c1-2-14-11-8(13)3-4-10(16-11)17-6-5-9(19)12(17)15-7-18/h3-4,7,9,12,19H,2,5-6,13H2,1H3,(H,14,16)(H,15,18). The van der Waals surface area contributed by atoms with Crippen LogP contribution in [0.2, 0.25) is 0 Å². The summed E-state index contributed by atoms with van der Waals surface area (Å²) < 4.78 is 0. The minimum Gasteiger partial charge on any atom is -0.396 e. The number of hydrogen-bond acceptors (Lipinski definition) is 6. The zero-order valence-electron chi connectivity index (χ0n) is 10.8. The van der Waals surface area contributed by atoms with Crippen LogP contribution in [0.1, 0.15) is 13.3 Å². The number of pyridine rings is 1. The van der Waals surface area contributed by atoms with Gasteiger partial charge in [0.25, 0.3) is 0 Å². The molecule has 2 atom stereocenters. The molecule has 0 radical (unpaired) electrons. The molecule has 1 fully saturated rings. The molecule has 1 aliphatic heterocycles. The summed E-state index contributed by atoms with van der Waals surface area (Å²) in [5.74, 6) is 1.30. The summed E-state index contributed by atoms with van der Waals surface area (Å²) in [5, 5.41) is 15.5. The Bertz CT molecular complexity index is 454. The highest BCUT2D eigenvalue weighted by molar-refractivity contribution is 5.65. The lowest BCUT2D eigenvalue weighted by Gasteiger charge is -2.27. The monoisotopic (exact) mass is 265 g/mol. The van der Waals surface area contributed by atoms with E-state index < -0.39 is 12.3 Å². The number of nitrogens with two attached hydrogens (primary N) is 1. The summed E-state index contributed by atoms with van der Waals surface area (Å²) in [6.45, 7) is 3.32. The molecule has 7 heteroatoms. The maximum absolute atomic E-state index is 10.6. The van der Waals surface area contributed by atoms with Crippen LogP contribution in [0.15, 0.2) is 12.1 Å². The SMILES string of the molecule is CCNc1nc(N2CCC(O)C2NC=O)ccc1N. The van der Waals surface area contributed by atoms with E-state index in [0.717, 1.165) is 6.54 Å². The highest BCUT2D eigenvalue weighted by Gasteiger charge is 2.33. The number of nitrogens with zero attached hydrogens (tertiary/aromatic N) is 2. The van der Waals surface area contributed by atoms with Gasteiger partial charge in [0, 0.05) is 13.1 Å². The van der Waals surface area contributed by atoms with Gasteiger partial charge in [0.05, 0.1) is 11.8 Å². The van der Waals surface area contributed by atoms with E-state index in [1.807, 2.05) is 11.8 Å². The first-order valence-electron chi connectivity index (χ1n) is 6.32. The molecule has 1 aromatic heterocycles. The molecule has 0 spiro atoms. The van der Waals surface area contributed by atoms with Crippen molar-refractivity contribution in [1.82, 2.24) is 10.3 Å². The van der Waals surface area contributed by atoms with Crippen molar-refractivity contribution in [2.45, 2.75) is 25.6 Å². The zero-order chi connectivity index (χ0) is 13.8. The topological polar surface area (TPSA) is 104 Å². The van der Waals surface area contributed by atoms with Crippen LogP contribution in [0, 0.1) is 0 Å². The highest BCUT2D eigenvalue weighted by Crippen LogP contribution is 2.26. The van der Waals surface area contributed by atoms with Crippen molar-refractivity contribution in [3.63, 3.8) is 0 Å². The van der Waals surface area contributed by atoms with Gasteiger partial charge >= 0.3 is 0 Å². The number of aromatic nitrogens is 1. The molecule has 1 saturated heterocycles. The van der Waals surface area contributed by atoms with Crippen molar-refractivity contribution < 1.29 is 9.90 Å². The summed E-state index contributed by atoms with van der Waals surface area (Å²) >= 11 is 0. The van der Waals surface area contributed by atoms with Crippen molar-refractivity contribution in [1.29, 1.82) is 0 Å². The number of carbonyl (C=O) groups is 1. The molecule has 104 valence electrons. The van der Waals surface area contributed by atoms with Crippen LogP contribution in [-0.2, 0) is 4.79 Å². The number of hydrogen-bond donors (Lipinski definition) is 4. The smallest absolute Gasteiger partial charge is 0.208 e. The second-order valence-electron chi connectivity index (χ2n) is 4.42. The molecule has 1 aliphatic rings. The van der Waals surface area contributed by atoms with Crippen molar-refractivity contribution in [2.75, 3.05) is 29.0 Å². The van der Waals surface area contributed by atoms with Crippen molar-refractivity contribution in [3.05, 3.63) is 12.1 Å². The third-order valence-corrected chi connectivity index (χ3v) is 3.16. The van der Waals surface area contributed by atoms with Crippen molar-refractivity contribution >= 4 is 23.7 Å². The average Bonchev–Trinajstić information content (AvgIpc) is 2.75. The predicted octanol–water partition coefficient (Wildman–Crippen LogP) is -0.261. The molecule has 1 amide bonds. The van der Waals surface area contributed by atoms with Gasteiger partial charge in [-0.05, 0) is 25.5 Å². The number of nitrogen functional groups attached to an aromatic ring is 1. The number of aliphatic hydroxyl groups excluding tert-OH is 1. The number of aliphatic hydroxyl groups is 1. The maximum Gasteiger partial charge on any atom is 0.208 e. The van der Waals surface area contributed by atoms with E-state index in [1.54, 1.807) is 12.1 Å². The van der Waals surface area contributed by atoms with Gasteiger partial charge in [-0.2, -0.15) is 0 Å². The van der Waals surface area contributed by atoms with Gasteiger partial charge in [0.15, 0.2) is 5.82 Å². The van der Waals surface area contributed by atoms with Crippen LogP contribution >= 0.6 is 0 Å². The lowest BCUT2D eigenvalue weighted by molar-refractivity contribution is -0.110. The van der Waals surface area contributed by atoms with Gasteiger partial charge in [-0.25, -0.2) is 4.98 Å². The number of rotatable bonds is 5. The zero-order valence-corrected chi connectivity index (χ0v) is 10.8. The molecule has 0 aliphatic carbocycles. The molecule has 2 rings (SSSR count). The first kappa shape index (κ1) is 13.4. The average molecular weight is 265 g/mol. The molecular weight excluding hydrogens is 246 g/mol. The highest BCUT2D eigenvalue weighted by atomic mass is 16.3. The Morgan fingerprint density at radius 2 is 2.42 bits per heavy atom. The fraction of sp³-hybridized carbons (Fsp3) is 0.500. The van der Waals surface area contributed by atoms with E-state index in [4.69, 9.17) is 5.73 Å². The van der Waals surface area contributed by atoms with Gasteiger partial charge in [-0.3, -0.25) is 4.79 Å². The van der Waals surface area contributed by atoms with Crippen molar-refractivity contribution in [2.24, 2.45) is 0 Å². The Morgan fingerprint density at radius 1 is 1.63 bits per heavy atom. The summed E-state index contributed by atoms with van der Waals surface area (Å²) in [6.07, 6.45) is 0.151. The second-order valence-corrected chi connectivity index (χ2v) is 4.42. The van der Waals surface area contributed by atoms with E-state index in [9.17, 15) is 9.90 Å². The van der Waals surface area contributed by atoms with Crippen LogP contribution in [0.4, 0.5) is 17.3 Å². The fourth-order valence-corrected chi connectivity index (χ4v) is 2.23. The van der Waals surface area contributed by atoms with E-state index in [0.29, 0.717) is 36.7 Å². The van der Waals surface area contributed by atoms with Gasteiger partial charge < -0.3 is 26.4 Å². The fourth-order valence-electron chi connectivity index (χ4n) is 2.23. The van der Waals surface area contributed by atoms with E-state index in [2.05, 4.69) is 15.6 Å². The predicted molar refractivity (Wildman–Crippen MR) is 73.8 cm³/mol. The molecule has 0 aromatic carbocycles. The first-order valence-corrected chi connectivity index (χ1v) is 6.32. The Labute approximate surface area is 111 Å². The van der Waals surface area contributed by atoms with Crippen LogP contribution < -0.4 is 21.3 Å². The minimum absolute atomic E-state index is 0.442. The molecule has 1 aromatic rings.